The van der Waals surface area contributed by atoms with Crippen LogP contribution in [0.4, 0.5) is 0 Å². The first-order chi connectivity index (χ1) is 24.0. The molecule has 49 heavy (non-hydrogen) atoms. The number of allylic oxidation sites excluding steroid dienone is 3. The molecule has 0 aromatic rings. The van der Waals surface area contributed by atoms with Gasteiger partial charge in [0.05, 0.1) is 0 Å². The minimum Gasteiger partial charge on any atom is -0.389 e. The number of hydrogen-bond donors (Lipinski definition) is 2. The molecule has 0 spiro atoms. The Kier molecular flexibility index (Phi) is 37.9. The van der Waals surface area contributed by atoms with Gasteiger partial charge in [0, 0.05) is 12.2 Å². The van der Waals surface area contributed by atoms with Gasteiger partial charge in [-0.05, 0) is 69.9 Å². The van der Waals surface area contributed by atoms with Gasteiger partial charge >= 0.3 is 0 Å². The van der Waals surface area contributed by atoms with E-state index in [9.17, 15) is 0 Å². The molecule has 0 heterocycles. The van der Waals surface area contributed by atoms with Crippen LogP contribution in [-0.4, -0.2) is 20.1 Å². The molecule has 0 saturated heterocycles. The highest BCUT2D eigenvalue weighted by Gasteiger charge is 2.18. The summed E-state index contributed by atoms with van der Waals surface area (Å²) in [7, 11) is 2.03. The molecule has 0 rings (SSSR count). The van der Waals surface area contributed by atoms with Gasteiger partial charge in [0.2, 0.25) is 0 Å². The second-order valence-electron chi connectivity index (χ2n) is 16.4. The Morgan fingerprint density at radius 2 is 0.837 bits per heavy atom. The molecular formula is C47H94N2. The predicted octanol–water partition coefficient (Wildman–Crippen LogP) is 15.7. The number of nitrogens with one attached hydrogen (secondary N) is 2. The average molecular weight is 687 g/mol. The smallest absolute Gasteiger partial charge is 0.0172 e. The molecule has 2 heteroatoms. The van der Waals surface area contributed by atoms with E-state index in [1.165, 1.54) is 198 Å². The normalized spacial score (nSPS) is 13.3. The number of rotatable bonds is 40. The van der Waals surface area contributed by atoms with Crippen molar-refractivity contribution in [3.63, 3.8) is 0 Å². The zero-order chi connectivity index (χ0) is 36.0. The molecular weight excluding hydrogens is 593 g/mol. The van der Waals surface area contributed by atoms with Crippen molar-refractivity contribution < 1.29 is 0 Å². The SMILES string of the molecule is C=C(CCCNC)NCC(C)C(C)C(C)C=C(CCCCCCCCCCCCCCCC)CCCCCCCCCCCCCCCC. The summed E-state index contributed by atoms with van der Waals surface area (Å²) in [6.07, 6.45) is 48.0. The third kappa shape index (κ3) is 34.1. The van der Waals surface area contributed by atoms with E-state index in [1.54, 1.807) is 5.57 Å². The Balaban J connectivity index is 4.44. The summed E-state index contributed by atoms with van der Waals surface area (Å²) in [6.45, 7) is 18.4. The van der Waals surface area contributed by atoms with Gasteiger partial charge in [-0.2, -0.15) is 0 Å². The summed E-state index contributed by atoms with van der Waals surface area (Å²) < 4.78 is 0. The van der Waals surface area contributed by atoms with E-state index in [1.807, 2.05) is 7.05 Å². The Bertz CT molecular complexity index is 662. The second-order valence-corrected chi connectivity index (χ2v) is 16.4. The molecule has 3 unspecified atom stereocenters. The van der Waals surface area contributed by atoms with Crippen molar-refractivity contribution in [1.29, 1.82) is 0 Å². The maximum Gasteiger partial charge on any atom is 0.0172 e. The molecule has 292 valence electrons. The molecule has 0 aromatic carbocycles. The van der Waals surface area contributed by atoms with Crippen molar-refractivity contribution in [1.82, 2.24) is 10.6 Å². The fraction of sp³-hybridized carbons (Fsp3) is 0.915. The standard InChI is InChI=1S/C47H94N2/c1-8-10-12-14-16-18-20-22-24-26-28-30-32-34-38-47(39-35-33-31-29-27-25-23-21-19-17-15-13-11-9-2)41-43(3)46(6)44(4)42-49-45(5)37-36-40-48-7/h41,43-44,46,48-49H,5,8-40,42H2,1-4,6-7H3. The first kappa shape index (κ1) is 48.2. The lowest BCUT2D eigenvalue weighted by atomic mass is 9.83. The molecule has 3 atom stereocenters. The zero-order valence-corrected chi connectivity index (χ0v) is 35.1. The van der Waals surface area contributed by atoms with Gasteiger partial charge in [-0.1, -0.05) is 220 Å². The quantitative estimate of drug-likeness (QED) is 0.0495. The van der Waals surface area contributed by atoms with E-state index in [0.717, 1.165) is 25.9 Å². The van der Waals surface area contributed by atoms with Crippen LogP contribution in [0.3, 0.4) is 0 Å². The zero-order valence-electron chi connectivity index (χ0n) is 35.1. The largest absolute Gasteiger partial charge is 0.389 e. The molecule has 0 radical (unpaired) electrons. The Hall–Kier alpha value is -0.760. The molecule has 0 aliphatic carbocycles. The number of hydrogen-bond acceptors (Lipinski definition) is 2. The van der Waals surface area contributed by atoms with Gasteiger partial charge in [0.25, 0.3) is 0 Å². The Labute approximate surface area is 311 Å². The van der Waals surface area contributed by atoms with Gasteiger partial charge in [-0.25, -0.2) is 0 Å². The van der Waals surface area contributed by atoms with Crippen molar-refractivity contribution in [3.8, 4) is 0 Å². The van der Waals surface area contributed by atoms with Gasteiger partial charge in [-0.3, -0.25) is 0 Å². The van der Waals surface area contributed by atoms with Gasteiger partial charge in [0.15, 0.2) is 0 Å². The van der Waals surface area contributed by atoms with Crippen LogP contribution in [0.5, 0.6) is 0 Å². The molecule has 0 bridgehead atoms. The minimum absolute atomic E-state index is 0.641. The maximum atomic E-state index is 4.28. The van der Waals surface area contributed by atoms with Crippen LogP contribution in [0.2, 0.25) is 0 Å². The maximum absolute atomic E-state index is 4.28. The van der Waals surface area contributed by atoms with Crippen molar-refractivity contribution in [3.05, 3.63) is 23.9 Å². The van der Waals surface area contributed by atoms with Crippen molar-refractivity contribution >= 4 is 0 Å². The topological polar surface area (TPSA) is 24.1 Å². The molecule has 0 aromatic heterocycles. The van der Waals surface area contributed by atoms with Crippen molar-refractivity contribution in [2.45, 2.75) is 240 Å². The van der Waals surface area contributed by atoms with Crippen LogP contribution in [0.15, 0.2) is 23.9 Å². The second kappa shape index (κ2) is 38.5. The molecule has 0 saturated carbocycles. The van der Waals surface area contributed by atoms with Crippen LogP contribution in [0.1, 0.15) is 240 Å². The van der Waals surface area contributed by atoms with E-state index in [-0.39, 0.29) is 0 Å². The van der Waals surface area contributed by atoms with Crippen molar-refractivity contribution in [2.75, 3.05) is 20.1 Å². The van der Waals surface area contributed by atoms with E-state index in [4.69, 9.17) is 0 Å². The number of unbranched alkanes of at least 4 members (excludes halogenated alkanes) is 26. The van der Waals surface area contributed by atoms with E-state index >= 15 is 0 Å². The minimum atomic E-state index is 0.641. The van der Waals surface area contributed by atoms with E-state index in [0.29, 0.717) is 17.8 Å². The highest BCUT2D eigenvalue weighted by molar-refractivity contribution is 5.05. The highest BCUT2D eigenvalue weighted by atomic mass is 14.9. The average Bonchev–Trinajstić information content (AvgIpc) is 3.10. The van der Waals surface area contributed by atoms with E-state index < -0.39 is 0 Å². The Morgan fingerprint density at radius 3 is 1.18 bits per heavy atom. The molecule has 2 nitrogen and oxygen atoms in total. The van der Waals surface area contributed by atoms with Crippen LogP contribution < -0.4 is 10.6 Å². The first-order valence-corrected chi connectivity index (χ1v) is 22.7. The summed E-state index contributed by atoms with van der Waals surface area (Å²) in [5.74, 6) is 1.97. The highest BCUT2D eigenvalue weighted by Crippen LogP contribution is 2.27. The lowest BCUT2D eigenvalue weighted by molar-refractivity contribution is 0.312. The summed E-state index contributed by atoms with van der Waals surface area (Å²) >= 11 is 0. The van der Waals surface area contributed by atoms with Crippen LogP contribution in [0, 0.1) is 17.8 Å². The first-order valence-electron chi connectivity index (χ1n) is 22.7. The lowest BCUT2D eigenvalue weighted by Gasteiger charge is -2.26. The molecule has 0 aliphatic heterocycles. The van der Waals surface area contributed by atoms with E-state index in [2.05, 4.69) is 57.9 Å². The summed E-state index contributed by atoms with van der Waals surface area (Å²) in [5.41, 5.74) is 2.97. The third-order valence-corrected chi connectivity index (χ3v) is 11.5. The van der Waals surface area contributed by atoms with Gasteiger partial charge in [0.1, 0.15) is 0 Å². The molecule has 0 aliphatic rings. The summed E-state index contributed by atoms with van der Waals surface area (Å²) in [6, 6.07) is 0. The summed E-state index contributed by atoms with van der Waals surface area (Å²) in [5, 5.41) is 6.90. The Morgan fingerprint density at radius 1 is 0.490 bits per heavy atom. The molecule has 0 amide bonds. The molecule has 0 fully saturated rings. The fourth-order valence-corrected chi connectivity index (χ4v) is 7.48. The predicted molar refractivity (Wildman–Crippen MR) is 226 cm³/mol. The van der Waals surface area contributed by atoms with Crippen LogP contribution >= 0.6 is 0 Å². The van der Waals surface area contributed by atoms with Crippen LogP contribution in [0.25, 0.3) is 0 Å². The lowest BCUT2D eigenvalue weighted by Crippen LogP contribution is -2.27. The third-order valence-electron chi connectivity index (χ3n) is 11.5. The summed E-state index contributed by atoms with van der Waals surface area (Å²) in [4.78, 5) is 0. The van der Waals surface area contributed by atoms with Crippen molar-refractivity contribution in [2.24, 2.45) is 17.8 Å². The fourth-order valence-electron chi connectivity index (χ4n) is 7.48. The van der Waals surface area contributed by atoms with Gasteiger partial charge in [-0.15, -0.1) is 0 Å². The van der Waals surface area contributed by atoms with Gasteiger partial charge < -0.3 is 10.6 Å². The van der Waals surface area contributed by atoms with Crippen LogP contribution in [-0.2, 0) is 0 Å². The monoisotopic (exact) mass is 687 g/mol. The molecule has 2 N–H and O–H groups in total.